The fraction of sp³-hybridized carbons (Fsp3) is 0.385. The van der Waals surface area contributed by atoms with Gasteiger partial charge in [0.25, 0.3) is 5.56 Å². The molecule has 0 aliphatic carbocycles. The highest BCUT2D eigenvalue weighted by Gasteiger charge is 2.21. The van der Waals surface area contributed by atoms with Gasteiger partial charge in [0.15, 0.2) is 0 Å². The average molecular weight is 323 g/mol. The van der Waals surface area contributed by atoms with E-state index in [-0.39, 0.29) is 10.6 Å². The molecular weight excluding hydrogens is 308 g/mol. The lowest BCUT2D eigenvalue weighted by Gasteiger charge is -2.36. The number of rotatable bonds is 3. The van der Waals surface area contributed by atoms with Crippen LogP contribution >= 0.6 is 11.6 Å². The van der Waals surface area contributed by atoms with Crippen LogP contribution in [0.5, 0.6) is 5.88 Å². The largest absolute Gasteiger partial charge is 0.481 e. The number of hydrogen-bond donors (Lipinski definition) is 1. The molecule has 0 radical (unpaired) electrons. The fourth-order valence-electron chi connectivity index (χ4n) is 2.39. The zero-order valence-electron chi connectivity index (χ0n) is 12.0. The number of aromatic amines is 1. The third-order valence-corrected chi connectivity index (χ3v) is 3.92. The number of aromatic nitrogens is 4. The molecule has 0 atom stereocenters. The summed E-state index contributed by atoms with van der Waals surface area (Å²) in [5, 5.41) is 6.30. The summed E-state index contributed by atoms with van der Waals surface area (Å²) < 4.78 is 5.11. The molecule has 1 saturated heterocycles. The third kappa shape index (κ3) is 2.82. The summed E-state index contributed by atoms with van der Waals surface area (Å²) in [7, 11) is 1.58. The first-order chi connectivity index (χ1) is 10.7. The number of nitrogens with zero attached hydrogens (tertiary/aromatic N) is 5. The Morgan fingerprint density at radius 3 is 2.68 bits per heavy atom. The minimum atomic E-state index is -0.373. The molecular formula is C13H15ClN6O2. The molecule has 0 unspecified atom stereocenters. The number of methoxy groups -OCH3 is 1. The second-order valence-electron chi connectivity index (χ2n) is 4.79. The maximum Gasteiger partial charge on any atom is 0.285 e. The summed E-state index contributed by atoms with van der Waals surface area (Å²) in [6.07, 6.45) is 3.06. The van der Waals surface area contributed by atoms with E-state index < -0.39 is 0 Å². The molecule has 9 heteroatoms. The topological polar surface area (TPSA) is 87.2 Å². The van der Waals surface area contributed by atoms with Crippen LogP contribution in [0.3, 0.4) is 0 Å². The van der Waals surface area contributed by atoms with Crippen LogP contribution in [-0.2, 0) is 0 Å². The highest BCUT2D eigenvalue weighted by Crippen LogP contribution is 2.23. The predicted octanol–water partition coefficient (Wildman–Crippen LogP) is 0.548. The van der Waals surface area contributed by atoms with Crippen molar-refractivity contribution in [3.05, 3.63) is 34.0 Å². The van der Waals surface area contributed by atoms with Gasteiger partial charge in [-0.15, -0.1) is 0 Å². The molecule has 1 N–H and O–H groups in total. The van der Waals surface area contributed by atoms with Gasteiger partial charge in [0, 0.05) is 32.2 Å². The van der Waals surface area contributed by atoms with Crippen molar-refractivity contribution in [1.29, 1.82) is 0 Å². The van der Waals surface area contributed by atoms with E-state index in [9.17, 15) is 4.79 Å². The molecule has 2 aromatic heterocycles. The van der Waals surface area contributed by atoms with Gasteiger partial charge < -0.3 is 14.5 Å². The van der Waals surface area contributed by atoms with E-state index in [2.05, 4.69) is 25.1 Å². The summed E-state index contributed by atoms with van der Waals surface area (Å²) >= 11 is 6.04. The van der Waals surface area contributed by atoms with E-state index in [1.165, 1.54) is 6.33 Å². The summed E-state index contributed by atoms with van der Waals surface area (Å²) in [6, 6.07) is 1.80. The molecule has 1 aliphatic heterocycles. The second kappa shape index (κ2) is 6.18. The summed E-state index contributed by atoms with van der Waals surface area (Å²) in [4.78, 5) is 24.0. The monoisotopic (exact) mass is 322 g/mol. The molecule has 0 spiro atoms. The number of ether oxygens (including phenoxy) is 1. The zero-order chi connectivity index (χ0) is 15.5. The van der Waals surface area contributed by atoms with Gasteiger partial charge in [0.05, 0.1) is 19.0 Å². The quantitative estimate of drug-likeness (QED) is 0.882. The van der Waals surface area contributed by atoms with Crippen molar-refractivity contribution in [1.82, 2.24) is 20.2 Å². The number of H-pyrrole nitrogens is 1. The van der Waals surface area contributed by atoms with E-state index in [4.69, 9.17) is 16.3 Å². The number of piperazine rings is 1. The van der Waals surface area contributed by atoms with Crippen LogP contribution in [0.4, 0.5) is 11.5 Å². The van der Waals surface area contributed by atoms with Gasteiger partial charge in [0.2, 0.25) is 5.88 Å². The van der Waals surface area contributed by atoms with Gasteiger partial charge in [-0.25, -0.2) is 15.1 Å². The smallest absolute Gasteiger partial charge is 0.285 e. The van der Waals surface area contributed by atoms with Crippen LogP contribution in [0.25, 0.3) is 0 Å². The first kappa shape index (κ1) is 14.6. The van der Waals surface area contributed by atoms with Crippen LogP contribution in [0.15, 0.2) is 23.4 Å². The van der Waals surface area contributed by atoms with Crippen molar-refractivity contribution in [2.45, 2.75) is 0 Å². The lowest BCUT2D eigenvalue weighted by molar-refractivity contribution is 0.396. The van der Waals surface area contributed by atoms with Crippen molar-refractivity contribution in [2.24, 2.45) is 0 Å². The number of anilines is 2. The number of hydrogen-bond acceptors (Lipinski definition) is 7. The van der Waals surface area contributed by atoms with Gasteiger partial charge in [-0.3, -0.25) is 4.79 Å². The van der Waals surface area contributed by atoms with Gasteiger partial charge in [0.1, 0.15) is 17.2 Å². The SMILES string of the molecule is COc1cc(N2CCN(c3cn[nH]c(=O)c3Cl)CC2)ncn1. The Balaban J connectivity index is 1.72. The molecule has 0 aromatic carbocycles. The minimum Gasteiger partial charge on any atom is -0.481 e. The van der Waals surface area contributed by atoms with Gasteiger partial charge in [-0.1, -0.05) is 11.6 Å². The van der Waals surface area contributed by atoms with Gasteiger partial charge in [-0.05, 0) is 0 Å². The Hall–Kier alpha value is -2.35. The highest BCUT2D eigenvalue weighted by atomic mass is 35.5. The second-order valence-corrected chi connectivity index (χ2v) is 5.17. The highest BCUT2D eigenvalue weighted by molar-refractivity contribution is 6.33. The zero-order valence-corrected chi connectivity index (χ0v) is 12.7. The van der Waals surface area contributed by atoms with Crippen LogP contribution in [-0.4, -0.2) is 53.5 Å². The van der Waals surface area contributed by atoms with Crippen LogP contribution in [0.2, 0.25) is 5.02 Å². The average Bonchev–Trinajstić information content (AvgIpc) is 2.58. The van der Waals surface area contributed by atoms with Crippen LogP contribution < -0.4 is 20.1 Å². The van der Waals surface area contributed by atoms with E-state index in [0.717, 1.165) is 32.0 Å². The predicted molar refractivity (Wildman–Crippen MR) is 82.9 cm³/mol. The lowest BCUT2D eigenvalue weighted by Crippen LogP contribution is -2.47. The molecule has 0 amide bonds. The van der Waals surface area contributed by atoms with Gasteiger partial charge in [-0.2, -0.15) is 5.10 Å². The molecule has 3 rings (SSSR count). The van der Waals surface area contributed by atoms with Crippen molar-refractivity contribution >= 4 is 23.1 Å². The van der Waals surface area contributed by atoms with Crippen LogP contribution in [0.1, 0.15) is 0 Å². The molecule has 22 heavy (non-hydrogen) atoms. The molecule has 8 nitrogen and oxygen atoms in total. The first-order valence-electron chi connectivity index (χ1n) is 6.78. The van der Waals surface area contributed by atoms with Crippen LogP contribution in [0, 0.1) is 0 Å². The Labute approximate surface area is 131 Å². The maximum atomic E-state index is 11.5. The molecule has 2 aromatic rings. The van der Waals surface area contributed by atoms with E-state index in [0.29, 0.717) is 11.6 Å². The van der Waals surface area contributed by atoms with Crippen molar-refractivity contribution in [3.63, 3.8) is 0 Å². The fourth-order valence-corrected chi connectivity index (χ4v) is 2.60. The third-order valence-electron chi connectivity index (χ3n) is 3.56. The van der Waals surface area contributed by atoms with Crippen molar-refractivity contribution in [3.8, 4) is 5.88 Å². The lowest BCUT2D eigenvalue weighted by atomic mass is 10.3. The van der Waals surface area contributed by atoms with E-state index in [1.807, 2.05) is 4.90 Å². The Morgan fingerprint density at radius 1 is 1.23 bits per heavy atom. The number of halogens is 1. The standard InChI is InChI=1S/C13H15ClN6O2/c1-22-11-6-10(15-8-16-11)20-4-2-19(3-5-20)9-7-17-18-13(21)12(9)14/h6-8H,2-5H2,1H3,(H,18,21). The Morgan fingerprint density at radius 2 is 1.95 bits per heavy atom. The Kier molecular flexibility index (Phi) is 4.10. The summed E-state index contributed by atoms with van der Waals surface area (Å²) in [6.45, 7) is 2.95. The van der Waals surface area contributed by atoms with Crippen molar-refractivity contribution < 1.29 is 4.74 Å². The maximum absolute atomic E-state index is 11.5. The van der Waals surface area contributed by atoms with E-state index >= 15 is 0 Å². The first-order valence-corrected chi connectivity index (χ1v) is 7.16. The van der Waals surface area contributed by atoms with Crippen molar-refractivity contribution in [2.75, 3.05) is 43.1 Å². The summed E-state index contributed by atoms with van der Waals surface area (Å²) in [5.41, 5.74) is 0.285. The molecule has 1 aliphatic rings. The Bertz CT molecular complexity index is 714. The molecule has 3 heterocycles. The number of nitrogens with one attached hydrogen (secondary N) is 1. The van der Waals surface area contributed by atoms with Gasteiger partial charge >= 0.3 is 0 Å². The molecule has 1 fully saturated rings. The molecule has 0 bridgehead atoms. The normalized spacial score (nSPS) is 15.0. The molecule has 0 saturated carbocycles. The minimum absolute atomic E-state index is 0.173. The summed E-state index contributed by atoms with van der Waals surface area (Å²) in [5.74, 6) is 1.36. The van der Waals surface area contributed by atoms with E-state index in [1.54, 1.807) is 19.4 Å². The molecule has 116 valence electrons.